The van der Waals surface area contributed by atoms with Crippen molar-refractivity contribution in [2.24, 2.45) is 0 Å². The summed E-state index contributed by atoms with van der Waals surface area (Å²) in [4.78, 5) is 26.9. The van der Waals surface area contributed by atoms with Gasteiger partial charge in [0.05, 0.1) is 11.9 Å². The monoisotopic (exact) mass is 459 g/mol. The number of sulfonamides is 1. The first-order chi connectivity index (χ1) is 15.0. The molecule has 1 N–H and O–H groups in total. The lowest BCUT2D eigenvalue weighted by Crippen LogP contribution is -2.47. The molecular weight excluding hydrogens is 426 g/mol. The van der Waals surface area contributed by atoms with E-state index in [0.29, 0.717) is 18.7 Å². The standard InChI is InChI=1S/C24H33N3O4S/c1-18-10-8-13-22(16-18)27(32(5,30)31)15-9-14-23(28)26(20(3)24(29)25-4)17-21-12-7-6-11-19(21)2/h6-8,10-13,16,20H,9,14-15,17H2,1-5H3,(H,25,29)/t20-/m1/s1. The minimum atomic E-state index is -3.50. The average Bonchev–Trinajstić information content (AvgIpc) is 2.74. The molecule has 0 radical (unpaired) electrons. The number of amides is 2. The number of hydrogen-bond acceptors (Lipinski definition) is 4. The Hall–Kier alpha value is -2.87. The van der Waals surface area contributed by atoms with Gasteiger partial charge in [0, 0.05) is 26.6 Å². The minimum Gasteiger partial charge on any atom is -0.357 e. The Balaban J connectivity index is 2.15. The van der Waals surface area contributed by atoms with E-state index in [1.807, 2.05) is 50.2 Å². The number of benzene rings is 2. The Morgan fingerprint density at radius 1 is 1.06 bits per heavy atom. The number of rotatable bonds is 10. The normalized spacial score (nSPS) is 12.2. The lowest BCUT2D eigenvalue weighted by molar-refractivity contribution is -0.140. The van der Waals surface area contributed by atoms with Gasteiger partial charge in [0.15, 0.2) is 0 Å². The summed E-state index contributed by atoms with van der Waals surface area (Å²) < 4.78 is 26.0. The molecule has 32 heavy (non-hydrogen) atoms. The van der Waals surface area contributed by atoms with Crippen molar-refractivity contribution in [3.05, 3.63) is 65.2 Å². The van der Waals surface area contributed by atoms with Crippen molar-refractivity contribution in [1.82, 2.24) is 10.2 Å². The molecule has 2 rings (SSSR count). The second-order valence-electron chi connectivity index (χ2n) is 8.02. The molecule has 2 aromatic rings. The quantitative estimate of drug-likeness (QED) is 0.592. The van der Waals surface area contributed by atoms with Crippen molar-refractivity contribution in [3.63, 3.8) is 0 Å². The number of nitrogens with zero attached hydrogens (tertiary/aromatic N) is 2. The molecule has 2 aromatic carbocycles. The number of carbonyl (C=O) groups excluding carboxylic acids is 2. The topological polar surface area (TPSA) is 86.8 Å². The molecule has 174 valence electrons. The van der Waals surface area contributed by atoms with Crippen LogP contribution in [-0.4, -0.2) is 51.0 Å². The molecule has 0 fully saturated rings. The lowest BCUT2D eigenvalue weighted by Gasteiger charge is -2.29. The Bertz CT molecular complexity index is 1050. The van der Waals surface area contributed by atoms with Crippen LogP contribution >= 0.6 is 0 Å². The third kappa shape index (κ3) is 6.82. The van der Waals surface area contributed by atoms with Crippen LogP contribution in [0.3, 0.4) is 0 Å². The summed E-state index contributed by atoms with van der Waals surface area (Å²) in [7, 11) is -1.95. The molecule has 2 amide bonds. The zero-order chi connectivity index (χ0) is 23.9. The number of likely N-dealkylation sites (N-methyl/N-ethyl adjacent to an activating group) is 1. The first-order valence-corrected chi connectivity index (χ1v) is 12.5. The zero-order valence-corrected chi connectivity index (χ0v) is 20.3. The van der Waals surface area contributed by atoms with Crippen LogP contribution in [0.15, 0.2) is 48.5 Å². The molecule has 7 nitrogen and oxygen atoms in total. The minimum absolute atomic E-state index is 0.130. The van der Waals surface area contributed by atoms with E-state index in [2.05, 4.69) is 5.32 Å². The number of anilines is 1. The Morgan fingerprint density at radius 3 is 2.34 bits per heavy atom. The molecule has 1 atom stereocenters. The predicted molar refractivity (Wildman–Crippen MR) is 128 cm³/mol. The van der Waals surface area contributed by atoms with Gasteiger partial charge in [-0.25, -0.2) is 8.42 Å². The van der Waals surface area contributed by atoms with Crippen LogP contribution < -0.4 is 9.62 Å². The molecule has 8 heteroatoms. The van der Waals surface area contributed by atoms with Crippen LogP contribution in [0.25, 0.3) is 0 Å². The van der Waals surface area contributed by atoms with Gasteiger partial charge in [-0.1, -0.05) is 36.4 Å². The summed E-state index contributed by atoms with van der Waals surface area (Å²) in [6.45, 7) is 6.06. The van der Waals surface area contributed by atoms with E-state index in [1.54, 1.807) is 31.0 Å². The van der Waals surface area contributed by atoms with Gasteiger partial charge in [0.1, 0.15) is 6.04 Å². The van der Waals surface area contributed by atoms with E-state index in [1.165, 1.54) is 4.31 Å². The van der Waals surface area contributed by atoms with Crippen molar-refractivity contribution in [2.75, 3.05) is 24.2 Å². The van der Waals surface area contributed by atoms with Crippen molar-refractivity contribution < 1.29 is 18.0 Å². The highest BCUT2D eigenvalue weighted by atomic mass is 32.2. The third-order valence-electron chi connectivity index (χ3n) is 5.46. The first kappa shape index (κ1) is 25.4. The molecule has 0 aliphatic heterocycles. The smallest absolute Gasteiger partial charge is 0.242 e. The lowest BCUT2D eigenvalue weighted by atomic mass is 10.1. The summed E-state index contributed by atoms with van der Waals surface area (Å²) in [5.41, 5.74) is 3.54. The zero-order valence-electron chi connectivity index (χ0n) is 19.5. The summed E-state index contributed by atoms with van der Waals surface area (Å²) in [5.74, 6) is -0.438. The Kier molecular flexibility index (Phi) is 8.83. The van der Waals surface area contributed by atoms with Crippen LogP contribution in [0, 0.1) is 13.8 Å². The molecule has 0 aromatic heterocycles. The fraction of sp³-hybridized carbons (Fsp3) is 0.417. The number of nitrogens with one attached hydrogen (secondary N) is 1. The molecule has 0 saturated carbocycles. The van der Waals surface area contributed by atoms with Crippen molar-refractivity contribution >= 4 is 27.5 Å². The Labute approximate surface area is 191 Å². The molecule has 0 saturated heterocycles. The van der Waals surface area contributed by atoms with Gasteiger partial charge >= 0.3 is 0 Å². The second kappa shape index (κ2) is 11.1. The van der Waals surface area contributed by atoms with Gasteiger partial charge in [0.2, 0.25) is 21.8 Å². The maximum absolute atomic E-state index is 13.1. The molecular formula is C24H33N3O4S. The van der Waals surface area contributed by atoms with Gasteiger partial charge in [-0.3, -0.25) is 13.9 Å². The first-order valence-electron chi connectivity index (χ1n) is 10.6. The number of hydrogen-bond donors (Lipinski definition) is 1. The summed E-state index contributed by atoms with van der Waals surface area (Å²) in [6, 6.07) is 14.4. The largest absolute Gasteiger partial charge is 0.357 e. The summed E-state index contributed by atoms with van der Waals surface area (Å²) in [5, 5.41) is 2.60. The van der Waals surface area contributed by atoms with E-state index >= 15 is 0 Å². The van der Waals surface area contributed by atoms with Gasteiger partial charge in [-0.05, 0) is 56.0 Å². The van der Waals surface area contributed by atoms with Gasteiger partial charge in [-0.2, -0.15) is 0 Å². The fourth-order valence-electron chi connectivity index (χ4n) is 3.55. The fourth-order valence-corrected chi connectivity index (χ4v) is 4.51. The van der Waals surface area contributed by atoms with Crippen LogP contribution in [0.5, 0.6) is 0 Å². The molecule has 0 heterocycles. The van der Waals surface area contributed by atoms with Crippen molar-refractivity contribution in [2.45, 2.75) is 46.2 Å². The van der Waals surface area contributed by atoms with Crippen LogP contribution in [0.4, 0.5) is 5.69 Å². The Morgan fingerprint density at radius 2 is 1.75 bits per heavy atom. The highest BCUT2D eigenvalue weighted by molar-refractivity contribution is 7.92. The van der Waals surface area contributed by atoms with Gasteiger partial charge in [0.25, 0.3) is 0 Å². The van der Waals surface area contributed by atoms with E-state index in [-0.39, 0.29) is 24.8 Å². The number of aryl methyl sites for hydroxylation is 2. The molecule has 0 aliphatic rings. The highest BCUT2D eigenvalue weighted by Crippen LogP contribution is 2.20. The van der Waals surface area contributed by atoms with E-state index in [9.17, 15) is 18.0 Å². The van der Waals surface area contributed by atoms with Crippen molar-refractivity contribution in [1.29, 1.82) is 0 Å². The van der Waals surface area contributed by atoms with Crippen LogP contribution in [0.2, 0.25) is 0 Å². The molecule has 0 spiro atoms. The maximum Gasteiger partial charge on any atom is 0.242 e. The SMILES string of the molecule is CNC(=O)[C@@H](C)N(Cc1ccccc1C)C(=O)CCCN(c1cccc(C)c1)S(C)(=O)=O. The second-order valence-corrected chi connectivity index (χ2v) is 9.92. The van der Waals surface area contributed by atoms with Gasteiger partial charge < -0.3 is 10.2 Å². The highest BCUT2D eigenvalue weighted by Gasteiger charge is 2.26. The molecule has 0 bridgehead atoms. The van der Waals surface area contributed by atoms with Gasteiger partial charge in [-0.15, -0.1) is 0 Å². The van der Waals surface area contributed by atoms with Crippen molar-refractivity contribution in [3.8, 4) is 0 Å². The molecule has 0 aliphatic carbocycles. The summed E-state index contributed by atoms with van der Waals surface area (Å²) in [6.07, 6.45) is 1.63. The predicted octanol–water partition coefficient (Wildman–Crippen LogP) is 3.01. The van der Waals surface area contributed by atoms with Crippen LogP contribution in [-0.2, 0) is 26.2 Å². The average molecular weight is 460 g/mol. The maximum atomic E-state index is 13.1. The van der Waals surface area contributed by atoms with Crippen LogP contribution in [0.1, 0.15) is 36.5 Å². The third-order valence-corrected chi connectivity index (χ3v) is 6.65. The number of carbonyl (C=O) groups is 2. The van der Waals surface area contributed by atoms with E-state index in [4.69, 9.17) is 0 Å². The summed E-state index contributed by atoms with van der Waals surface area (Å²) >= 11 is 0. The van der Waals surface area contributed by atoms with E-state index in [0.717, 1.165) is 22.9 Å². The molecule has 0 unspecified atom stereocenters. The van der Waals surface area contributed by atoms with E-state index < -0.39 is 16.1 Å².